The second kappa shape index (κ2) is 5.71. The Bertz CT molecular complexity index is 646. The van der Waals surface area contributed by atoms with Crippen molar-refractivity contribution in [2.75, 3.05) is 0 Å². The second-order valence-electron chi connectivity index (χ2n) is 4.56. The number of imidazole rings is 1. The van der Waals surface area contributed by atoms with E-state index in [0.717, 1.165) is 18.7 Å². The highest BCUT2D eigenvalue weighted by atomic mass is 16.3. The van der Waals surface area contributed by atoms with E-state index in [0.29, 0.717) is 5.82 Å². The summed E-state index contributed by atoms with van der Waals surface area (Å²) < 4.78 is 3.82. The van der Waals surface area contributed by atoms with Gasteiger partial charge in [-0.3, -0.25) is 4.68 Å². The minimum Gasteiger partial charge on any atom is -0.380 e. The van der Waals surface area contributed by atoms with Crippen LogP contribution in [0.2, 0.25) is 0 Å². The first-order chi connectivity index (χ1) is 9.84. The molecule has 0 aliphatic carbocycles. The number of benzene rings is 1. The molecule has 0 saturated carbocycles. The Balaban J connectivity index is 1.76. The van der Waals surface area contributed by atoms with E-state index in [-0.39, 0.29) is 0 Å². The number of nitrogens with zero attached hydrogens (tertiary/aromatic N) is 4. The summed E-state index contributed by atoms with van der Waals surface area (Å²) in [5.41, 5.74) is 0.846. The van der Waals surface area contributed by atoms with Gasteiger partial charge in [-0.05, 0) is 11.6 Å². The summed E-state index contributed by atoms with van der Waals surface area (Å²) in [6.45, 7) is 1.47. The average molecular weight is 268 g/mol. The van der Waals surface area contributed by atoms with Crippen LogP contribution in [0.4, 0.5) is 0 Å². The van der Waals surface area contributed by atoms with Crippen LogP contribution in [0.1, 0.15) is 17.5 Å². The normalized spacial score (nSPS) is 12.4. The Morgan fingerprint density at radius 1 is 1.00 bits per heavy atom. The molecule has 2 aromatic heterocycles. The third-order valence-corrected chi connectivity index (χ3v) is 3.24. The van der Waals surface area contributed by atoms with Gasteiger partial charge in [0.2, 0.25) is 0 Å². The summed E-state index contributed by atoms with van der Waals surface area (Å²) in [6.07, 6.45) is 6.57. The third-order valence-electron chi connectivity index (χ3n) is 3.24. The number of aliphatic hydroxyl groups is 1. The van der Waals surface area contributed by atoms with Crippen molar-refractivity contribution < 1.29 is 5.11 Å². The summed E-state index contributed by atoms with van der Waals surface area (Å²) in [6, 6.07) is 11.5. The molecule has 0 fully saturated rings. The van der Waals surface area contributed by atoms with Crippen LogP contribution in [0.15, 0.2) is 61.2 Å². The van der Waals surface area contributed by atoms with Crippen LogP contribution in [0.3, 0.4) is 0 Å². The lowest BCUT2D eigenvalue weighted by atomic mass is 10.1. The van der Waals surface area contributed by atoms with Gasteiger partial charge < -0.3 is 9.67 Å². The SMILES string of the molecule is OC(c1ccccc1)c1nccn1CCn1cccn1. The molecule has 102 valence electrons. The molecule has 3 rings (SSSR count). The Morgan fingerprint density at radius 2 is 1.85 bits per heavy atom. The van der Waals surface area contributed by atoms with Crippen LogP contribution in [0.25, 0.3) is 0 Å². The molecular weight excluding hydrogens is 252 g/mol. The monoisotopic (exact) mass is 268 g/mol. The van der Waals surface area contributed by atoms with E-state index < -0.39 is 6.10 Å². The molecular formula is C15H16N4O. The summed E-state index contributed by atoms with van der Waals surface area (Å²) in [5, 5.41) is 14.6. The van der Waals surface area contributed by atoms with Crippen LogP contribution in [0.5, 0.6) is 0 Å². The molecule has 2 heterocycles. The van der Waals surface area contributed by atoms with Gasteiger partial charge in [-0.1, -0.05) is 30.3 Å². The fraction of sp³-hybridized carbons (Fsp3) is 0.200. The first-order valence-corrected chi connectivity index (χ1v) is 6.56. The van der Waals surface area contributed by atoms with Gasteiger partial charge >= 0.3 is 0 Å². The number of hydrogen-bond acceptors (Lipinski definition) is 3. The zero-order chi connectivity index (χ0) is 13.8. The Labute approximate surface area is 117 Å². The Hall–Kier alpha value is -2.40. The smallest absolute Gasteiger partial charge is 0.142 e. The molecule has 20 heavy (non-hydrogen) atoms. The summed E-state index contributed by atoms with van der Waals surface area (Å²) in [4.78, 5) is 4.28. The molecule has 0 bridgehead atoms. The third kappa shape index (κ3) is 2.62. The van der Waals surface area contributed by atoms with Gasteiger partial charge in [0.1, 0.15) is 11.9 Å². The number of aliphatic hydroxyl groups excluding tert-OH is 1. The molecule has 0 aliphatic heterocycles. The largest absolute Gasteiger partial charge is 0.380 e. The standard InChI is InChI=1S/C15H16N4O/c20-14(13-5-2-1-3-6-13)15-16-8-10-18(15)11-12-19-9-4-7-17-19/h1-10,14,20H,11-12H2. The maximum absolute atomic E-state index is 10.4. The van der Waals surface area contributed by atoms with E-state index in [9.17, 15) is 5.11 Å². The molecule has 3 aromatic rings. The number of rotatable bonds is 5. The minimum atomic E-state index is -0.705. The molecule has 0 amide bonds. The van der Waals surface area contributed by atoms with Crippen molar-refractivity contribution in [1.29, 1.82) is 0 Å². The Kier molecular flexibility index (Phi) is 3.60. The average Bonchev–Trinajstić information content (AvgIpc) is 3.16. The van der Waals surface area contributed by atoms with Gasteiger partial charge in [-0.2, -0.15) is 5.10 Å². The quantitative estimate of drug-likeness (QED) is 0.768. The second-order valence-corrected chi connectivity index (χ2v) is 4.56. The van der Waals surface area contributed by atoms with Crippen LogP contribution in [-0.2, 0) is 13.1 Å². The molecule has 0 aliphatic rings. The molecule has 1 unspecified atom stereocenters. The van der Waals surface area contributed by atoms with E-state index in [4.69, 9.17) is 0 Å². The van der Waals surface area contributed by atoms with E-state index in [1.165, 1.54) is 0 Å². The highest BCUT2D eigenvalue weighted by Crippen LogP contribution is 2.20. The fourth-order valence-electron chi connectivity index (χ4n) is 2.18. The molecule has 1 atom stereocenters. The highest BCUT2D eigenvalue weighted by Gasteiger charge is 2.15. The predicted octanol–water partition coefficient (Wildman–Crippen LogP) is 1.86. The van der Waals surface area contributed by atoms with Crippen LogP contribution in [0, 0.1) is 0 Å². The van der Waals surface area contributed by atoms with Gasteiger partial charge in [0.15, 0.2) is 0 Å². The van der Waals surface area contributed by atoms with Crippen LogP contribution in [-0.4, -0.2) is 24.4 Å². The molecule has 1 N–H and O–H groups in total. The number of aromatic nitrogens is 4. The molecule has 0 radical (unpaired) electrons. The van der Waals surface area contributed by atoms with E-state index in [1.807, 2.05) is 58.0 Å². The molecule has 5 nitrogen and oxygen atoms in total. The lowest BCUT2D eigenvalue weighted by Crippen LogP contribution is -2.13. The molecule has 0 saturated heterocycles. The van der Waals surface area contributed by atoms with Gasteiger partial charge in [0.25, 0.3) is 0 Å². The maximum Gasteiger partial charge on any atom is 0.142 e. The van der Waals surface area contributed by atoms with Crippen molar-refractivity contribution in [2.45, 2.75) is 19.2 Å². The topological polar surface area (TPSA) is 55.9 Å². The molecule has 1 aromatic carbocycles. The fourth-order valence-corrected chi connectivity index (χ4v) is 2.18. The zero-order valence-electron chi connectivity index (χ0n) is 11.0. The lowest BCUT2D eigenvalue weighted by molar-refractivity contribution is 0.203. The van der Waals surface area contributed by atoms with E-state index in [2.05, 4.69) is 10.1 Å². The number of aryl methyl sites for hydroxylation is 2. The van der Waals surface area contributed by atoms with Gasteiger partial charge in [-0.25, -0.2) is 4.98 Å². The van der Waals surface area contributed by atoms with Gasteiger partial charge in [0.05, 0.1) is 6.54 Å². The van der Waals surface area contributed by atoms with Crippen molar-refractivity contribution in [3.05, 3.63) is 72.6 Å². The van der Waals surface area contributed by atoms with Gasteiger partial charge in [0, 0.05) is 31.3 Å². The summed E-state index contributed by atoms with van der Waals surface area (Å²) in [7, 11) is 0. The van der Waals surface area contributed by atoms with Crippen LogP contribution >= 0.6 is 0 Å². The van der Waals surface area contributed by atoms with Crippen molar-refractivity contribution in [3.63, 3.8) is 0 Å². The van der Waals surface area contributed by atoms with Crippen molar-refractivity contribution in [2.24, 2.45) is 0 Å². The number of hydrogen-bond donors (Lipinski definition) is 1. The minimum absolute atomic E-state index is 0.656. The molecule has 5 heteroatoms. The Morgan fingerprint density at radius 3 is 2.60 bits per heavy atom. The van der Waals surface area contributed by atoms with Crippen molar-refractivity contribution >= 4 is 0 Å². The zero-order valence-corrected chi connectivity index (χ0v) is 11.0. The van der Waals surface area contributed by atoms with Crippen LogP contribution < -0.4 is 0 Å². The first-order valence-electron chi connectivity index (χ1n) is 6.56. The predicted molar refractivity (Wildman–Crippen MR) is 75.0 cm³/mol. The summed E-state index contributed by atoms with van der Waals surface area (Å²) >= 11 is 0. The van der Waals surface area contributed by atoms with Gasteiger partial charge in [-0.15, -0.1) is 0 Å². The lowest BCUT2D eigenvalue weighted by Gasteiger charge is -2.13. The summed E-state index contributed by atoms with van der Waals surface area (Å²) in [5.74, 6) is 0.656. The van der Waals surface area contributed by atoms with E-state index in [1.54, 1.807) is 12.4 Å². The van der Waals surface area contributed by atoms with Crippen molar-refractivity contribution in [1.82, 2.24) is 19.3 Å². The first kappa shape index (κ1) is 12.6. The molecule has 0 spiro atoms. The highest BCUT2D eigenvalue weighted by molar-refractivity contribution is 5.22. The maximum atomic E-state index is 10.4. The van der Waals surface area contributed by atoms with Crippen molar-refractivity contribution in [3.8, 4) is 0 Å². The van der Waals surface area contributed by atoms with E-state index >= 15 is 0 Å².